The summed E-state index contributed by atoms with van der Waals surface area (Å²) in [5, 5.41) is 2.69. The number of nitrogens with zero attached hydrogens (tertiary/aromatic N) is 1. The Balaban J connectivity index is 2.10. The number of ether oxygens (including phenoxy) is 1. The molecule has 0 fully saturated rings. The van der Waals surface area contributed by atoms with E-state index in [1.807, 2.05) is 0 Å². The van der Waals surface area contributed by atoms with E-state index in [4.69, 9.17) is 4.74 Å². The van der Waals surface area contributed by atoms with Gasteiger partial charge in [-0.1, -0.05) is 18.2 Å². The molecule has 2 aromatic carbocycles. The number of carbonyl (C=O) groups is 2. The molecule has 2 rings (SSSR count). The Morgan fingerprint density at radius 2 is 1.74 bits per heavy atom. The Kier molecular flexibility index (Phi) is 6.57. The fraction of sp³-hybridized carbons (Fsp3) is 0.263. The van der Waals surface area contributed by atoms with E-state index in [0.717, 1.165) is 10.6 Å². The SMILES string of the molecule is COc1cccc(C(=O)NCCN(c2cccc(C(C)=O)c2)S(C)(=O)=O)c1. The van der Waals surface area contributed by atoms with Gasteiger partial charge in [0.1, 0.15) is 5.75 Å². The Morgan fingerprint density at radius 1 is 1.07 bits per heavy atom. The monoisotopic (exact) mass is 390 g/mol. The number of hydrogen-bond donors (Lipinski definition) is 1. The van der Waals surface area contributed by atoms with E-state index >= 15 is 0 Å². The first-order valence-electron chi connectivity index (χ1n) is 8.23. The van der Waals surface area contributed by atoms with E-state index in [1.165, 1.54) is 20.1 Å². The van der Waals surface area contributed by atoms with Gasteiger partial charge in [0.25, 0.3) is 5.91 Å². The summed E-state index contributed by atoms with van der Waals surface area (Å²) in [5.74, 6) is 0.0675. The molecule has 1 N–H and O–H groups in total. The molecule has 0 aliphatic carbocycles. The molecule has 0 bridgehead atoms. The molecule has 27 heavy (non-hydrogen) atoms. The minimum Gasteiger partial charge on any atom is -0.497 e. The summed E-state index contributed by atoms with van der Waals surface area (Å²) >= 11 is 0. The Labute approximate surface area is 159 Å². The zero-order valence-corrected chi connectivity index (χ0v) is 16.2. The topological polar surface area (TPSA) is 92.8 Å². The number of sulfonamides is 1. The van der Waals surface area contributed by atoms with Crippen molar-refractivity contribution in [1.29, 1.82) is 0 Å². The van der Waals surface area contributed by atoms with Crippen LogP contribution in [0.5, 0.6) is 5.75 Å². The third kappa shape index (κ3) is 5.55. The minimum atomic E-state index is -3.58. The molecule has 0 unspecified atom stereocenters. The number of amides is 1. The summed E-state index contributed by atoms with van der Waals surface area (Å²) in [7, 11) is -2.07. The quantitative estimate of drug-likeness (QED) is 0.697. The van der Waals surface area contributed by atoms with Gasteiger partial charge in [0.2, 0.25) is 10.0 Å². The third-order valence-electron chi connectivity index (χ3n) is 3.87. The fourth-order valence-corrected chi connectivity index (χ4v) is 3.42. The second-order valence-corrected chi connectivity index (χ2v) is 7.84. The van der Waals surface area contributed by atoms with Crippen LogP contribution in [0.25, 0.3) is 0 Å². The summed E-state index contributed by atoms with van der Waals surface area (Å²) in [4.78, 5) is 23.8. The molecule has 0 aliphatic rings. The lowest BCUT2D eigenvalue weighted by Crippen LogP contribution is -2.38. The number of ketones is 1. The van der Waals surface area contributed by atoms with Gasteiger partial charge in [0.05, 0.1) is 25.6 Å². The van der Waals surface area contributed by atoms with Crippen LogP contribution in [-0.4, -0.2) is 46.6 Å². The zero-order valence-electron chi connectivity index (χ0n) is 15.4. The van der Waals surface area contributed by atoms with Gasteiger partial charge in [0, 0.05) is 17.7 Å². The van der Waals surface area contributed by atoms with Gasteiger partial charge in [-0.25, -0.2) is 8.42 Å². The van der Waals surface area contributed by atoms with Crippen molar-refractivity contribution in [3.05, 3.63) is 59.7 Å². The normalized spacial score (nSPS) is 10.9. The molecule has 1 amide bonds. The zero-order chi connectivity index (χ0) is 20.0. The Morgan fingerprint density at radius 3 is 2.37 bits per heavy atom. The van der Waals surface area contributed by atoms with E-state index in [-0.39, 0.29) is 24.8 Å². The molecular weight excluding hydrogens is 368 g/mol. The number of benzene rings is 2. The lowest BCUT2D eigenvalue weighted by atomic mass is 10.1. The van der Waals surface area contributed by atoms with Crippen LogP contribution < -0.4 is 14.4 Å². The molecular formula is C19H22N2O5S. The highest BCUT2D eigenvalue weighted by molar-refractivity contribution is 7.92. The van der Waals surface area contributed by atoms with Gasteiger partial charge in [-0.2, -0.15) is 0 Å². The molecule has 0 atom stereocenters. The van der Waals surface area contributed by atoms with Crippen LogP contribution in [0.2, 0.25) is 0 Å². The van der Waals surface area contributed by atoms with Gasteiger partial charge < -0.3 is 10.1 Å². The maximum Gasteiger partial charge on any atom is 0.251 e. The van der Waals surface area contributed by atoms with Crippen molar-refractivity contribution in [2.24, 2.45) is 0 Å². The van der Waals surface area contributed by atoms with Crippen molar-refractivity contribution in [1.82, 2.24) is 5.32 Å². The lowest BCUT2D eigenvalue weighted by molar-refractivity contribution is 0.0953. The van der Waals surface area contributed by atoms with Crippen molar-refractivity contribution in [3.63, 3.8) is 0 Å². The third-order valence-corrected chi connectivity index (χ3v) is 5.07. The number of Topliss-reactive ketones (excluding diaryl/α,β-unsaturated/α-hetero) is 1. The number of hydrogen-bond acceptors (Lipinski definition) is 5. The number of rotatable bonds is 8. The molecule has 0 radical (unpaired) electrons. The van der Waals surface area contributed by atoms with Crippen LogP contribution in [0.3, 0.4) is 0 Å². The largest absolute Gasteiger partial charge is 0.497 e. The van der Waals surface area contributed by atoms with E-state index < -0.39 is 10.0 Å². The summed E-state index contributed by atoms with van der Waals surface area (Å²) < 4.78 is 30.6. The molecule has 0 spiro atoms. The summed E-state index contributed by atoms with van der Waals surface area (Å²) in [6.07, 6.45) is 1.08. The summed E-state index contributed by atoms with van der Waals surface area (Å²) in [6.45, 7) is 1.56. The van der Waals surface area contributed by atoms with E-state index in [1.54, 1.807) is 42.5 Å². The van der Waals surface area contributed by atoms with Gasteiger partial charge in [0.15, 0.2) is 5.78 Å². The Hall–Kier alpha value is -2.87. The predicted molar refractivity (Wildman–Crippen MR) is 104 cm³/mol. The Bertz CT molecular complexity index is 941. The van der Waals surface area contributed by atoms with E-state index in [0.29, 0.717) is 22.6 Å². The van der Waals surface area contributed by atoms with Gasteiger partial charge in [-0.05, 0) is 37.3 Å². The second kappa shape index (κ2) is 8.68. The average Bonchev–Trinajstić information content (AvgIpc) is 2.64. The van der Waals surface area contributed by atoms with Crippen LogP contribution in [0.1, 0.15) is 27.6 Å². The molecule has 0 saturated carbocycles. The number of nitrogens with one attached hydrogen (secondary N) is 1. The standard InChI is InChI=1S/C19H22N2O5S/c1-14(22)15-6-4-8-17(12-15)21(27(3,24)25)11-10-20-19(23)16-7-5-9-18(13-16)26-2/h4-9,12-13H,10-11H2,1-3H3,(H,20,23). The molecule has 2 aromatic rings. The minimum absolute atomic E-state index is 0.0376. The van der Waals surface area contributed by atoms with Crippen molar-refractivity contribution < 1.29 is 22.7 Å². The van der Waals surface area contributed by atoms with Gasteiger partial charge in [-0.15, -0.1) is 0 Å². The van der Waals surface area contributed by atoms with Crippen LogP contribution >= 0.6 is 0 Å². The molecule has 0 aromatic heterocycles. The molecule has 0 heterocycles. The van der Waals surface area contributed by atoms with Crippen LogP contribution in [0.15, 0.2) is 48.5 Å². The highest BCUT2D eigenvalue weighted by Gasteiger charge is 2.18. The van der Waals surface area contributed by atoms with Crippen molar-refractivity contribution in [2.45, 2.75) is 6.92 Å². The lowest BCUT2D eigenvalue weighted by Gasteiger charge is -2.23. The number of carbonyl (C=O) groups excluding carboxylic acids is 2. The highest BCUT2D eigenvalue weighted by atomic mass is 32.2. The number of anilines is 1. The van der Waals surface area contributed by atoms with Gasteiger partial charge >= 0.3 is 0 Å². The van der Waals surface area contributed by atoms with Crippen LogP contribution in [0, 0.1) is 0 Å². The second-order valence-electron chi connectivity index (χ2n) is 5.93. The van der Waals surface area contributed by atoms with Gasteiger partial charge in [-0.3, -0.25) is 13.9 Å². The van der Waals surface area contributed by atoms with Crippen molar-refractivity contribution in [3.8, 4) is 5.75 Å². The fourth-order valence-electron chi connectivity index (χ4n) is 2.50. The maximum absolute atomic E-state index is 12.2. The highest BCUT2D eigenvalue weighted by Crippen LogP contribution is 2.19. The summed E-state index contributed by atoms with van der Waals surface area (Å²) in [5.41, 5.74) is 1.21. The van der Waals surface area contributed by atoms with Crippen molar-refractivity contribution in [2.75, 3.05) is 30.8 Å². The predicted octanol–water partition coefficient (Wildman–Crippen LogP) is 2.09. The maximum atomic E-state index is 12.2. The van der Waals surface area contributed by atoms with Crippen LogP contribution in [0.4, 0.5) is 5.69 Å². The first-order chi connectivity index (χ1) is 12.7. The van der Waals surface area contributed by atoms with E-state index in [9.17, 15) is 18.0 Å². The molecule has 144 valence electrons. The van der Waals surface area contributed by atoms with Crippen LogP contribution in [-0.2, 0) is 10.0 Å². The summed E-state index contributed by atoms with van der Waals surface area (Å²) in [6, 6.07) is 13.0. The molecule has 0 aliphatic heterocycles. The average molecular weight is 390 g/mol. The van der Waals surface area contributed by atoms with Crippen molar-refractivity contribution >= 4 is 27.4 Å². The molecule has 7 nitrogen and oxygen atoms in total. The molecule has 0 saturated heterocycles. The first kappa shape index (κ1) is 20.4. The molecule has 8 heteroatoms. The first-order valence-corrected chi connectivity index (χ1v) is 10.1. The number of methoxy groups -OCH3 is 1. The smallest absolute Gasteiger partial charge is 0.251 e. The van der Waals surface area contributed by atoms with E-state index in [2.05, 4.69) is 5.32 Å².